The zero-order valence-electron chi connectivity index (χ0n) is 10.0. The predicted octanol–water partition coefficient (Wildman–Crippen LogP) is 0.143. The Balaban J connectivity index is 2.28. The molecule has 18 heavy (non-hydrogen) atoms. The molecule has 100 valence electrons. The third-order valence-electron chi connectivity index (χ3n) is 2.89. The Hall–Kier alpha value is -1.31. The van der Waals surface area contributed by atoms with Gasteiger partial charge in [0.05, 0.1) is 12.3 Å². The smallest absolute Gasteiger partial charge is 0.240 e. The number of sulfonamides is 1. The molecule has 1 aliphatic heterocycles. The van der Waals surface area contributed by atoms with E-state index in [9.17, 15) is 8.42 Å². The number of hydrogen-bond acceptors (Lipinski definition) is 5. The largest absolute Gasteiger partial charge is 0.398 e. The Morgan fingerprint density at radius 1 is 1.22 bits per heavy atom. The van der Waals surface area contributed by atoms with Gasteiger partial charge in [-0.3, -0.25) is 0 Å². The molecule has 0 amide bonds. The number of ether oxygens (including phenoxy) is 1. The Morgan fingerprint density at radius 2 is 2.00 bits per heavy atom. The highest BCUT2D eigenvalue weighted by atomic mass is 32.2. The minimum atomic E-state index is -3.76. The first-order valence-electron chi connectivity index (χ1n) is 5.73. The lowest BCUT2D eigenvalue weighted by atomic mass is 10.2. The number of primary sulfonamides is 1. The Morgan fingerprint density at radius 3 is 2.67 bits per heavy atom. The summed E-state index contributed by atoms with van der Waals surface area (Å²) in [4.78, 5) is 2.09. The monoisotopic (exact) mass is 271 g/mol. The number of anilines is 2. The van der Waals surface area contributed by atoms with Crippen molar-refractivity contribution in [3.05, 3.63) is 18.2 Å². The predicted molar refractivity (Wildman–Crippen MR) is 69.9 cm³/mol. The molecule has 0 aromatic heterocycles. The fourth-order valence-electron chi connectivity index (χ4n) is 2.00. The van der Waals surface area contributed by atoms with E-state index in [0.29, 0.717) is 6.61 Å². The molecule has 2 rings (SSSR count). The van der Waals surface area contributed by atoms with Gasteiger partial charge in [0.15, 0.2) is 0 Å². The molecule has 6 nitrogen and oxygen atoms in total. The number of nitrogen functional groups attached to an aromatic ring is 1. The molecule has 0 bridgehead atoms. The highest BCUT2D eigenvalue weighted by Gasteiger charge is 2.15. The average Bonchev–Trinajstić information content (AvgIpc) is 2.55. The standard InChI is InChI=1S/C11H17N3O3S/c12-10-8-9(2-3-11(10)18(13,15)16)14-4-1-6-17-7-5-14/h2-3,8H,1,4-7,12H2,(H2,13,15,16). The highest BCUT2D eigenvalue weighted by molar-refractivity contribution is 7.89. The van der Waals surface area contributed by atoms with E-state index >= 15 is 0 Å². The first kappa shape index (κ1) is 13.1. The quantitative estimate of drug-likeness (QED) is 0.746. The Kier molecular flexibility index (Phi) is 3.74. The summed E-state index contributed by atoms with van der Waals surface area (Å²) < 4.78 is 27.9. The molecule has 0 saturated carbocycles. The molecule has 0 unspecified atom stereocenters. The van der Waals surface area contributed by atoms with Crippen LogP contribution in [0.4, 0.5) is 11.4 Å². The third kappa shape index (κ3) is 2.92. The third-order valence-corrected chi connectivity index (χ3v) is 3.87. The molecule has 1 heterocycles. The zero-order valence-corrected chi connectivity index (χ0v) is 10.8. The molecule has 0 aliphatic carbocycles. The van der Waals surface area contributed by atoms with Crippen molar-refractivity contribution in [1.82, 2.24) is 0 Å². The van der Waals surface area contributed by atoms with E-state index < -0.39 is 10.0 Å². The molecule has 1 aromatic carbocycles. The Bertz CT molecular complexity index is 522. The Labute approximate surface area is 107 Å². The lowest BCUT2D eigenvalue weighted by Gasteiger charge is -2.22. The van der Waals surface area contributed by atoms with Gasteiger partial charge in [-0.05, 0) is 24.6 Å². The van der Waals surface area contributed by atoms with Gasteiger partial charge in [0.2, 0.25) is 10.0 Å². The minimum absolute atomic E-state index is 0.0303. The van der Waals surface area contributed by atoms with Crippen molar-refractivity contribution < 1.29 is 13.2 Å². The summed E-state index contributed by atoms with van der Waals surface area (Å²) in [5, 5.41) is 5.07. The molecule has 1 fully saturated rings. The van der Waals surface area contributed by atoms with E-state index in [1.54, 1.807) is 12.1 Å². The van der Waals surface area contributed by atoms with Crippen LogP contribution in [-0.2, 0) is 14.8 Å². The topological polar surface area (TPSA) is 98.6 Å². The van der Waals surface area contributed by atoms with Crippen LogP contribution in [-0.4, -0.2) is 34.7 Å². The summed E-state index contributed by atoms with van der Waals surface area (Å²) in [6.45, 7) is 3.06. The van der Waals surface area contributed by atoms with Crippen molar-refractivity contribution in [3.8, 4) is 0 Å². The van der Waals surface area contributed by atoms with Gasteiger partial charge in [-0.25, -0.2) is 13.6 Å². The average molecular weight is 271 g/mol. The number of rotatable bonds is 2. The van der Waals surface area contributed by atoms with E-state index in [2.05, 4.69) is 4.90 Å². The second-order valence-electron chi connectivity index (χ2n) is 4.22. The second kappa shape index (κ2) is 5.13. The van der Waals surface area contributed by atoms with Crippen LogP contribution in [0.2, 0.25) is 0 Å². The van der Waals surface area contributed by atoms with E-state index in [0.717, 1.165) is 31.8 Å². The van der Waals surface area contributed by atoms with Crippen molar-refractivity contribution >= 4 is 21.4 Å². The summed E-state index contributed by atoms with van der Waals surface area (Å²) in [6, 6.07) is 4.82. The SMILES string of the molecule is Nc1cc(N2CCCOCC2)ccc1S(N)(=O)=O. The normalized spacial score (nSPS) is 17.5. The molecule has 7 heteroatoms. The van der Waals surface area contributed by atoms with Gasteiger partial charge in [0.25, 0.3) is 0 Å². The number of hydrogen-bond donors (Lipinski definition) is 2. The van der Waals surface area contributed by atoms with Crippen LogP contribution in [0, 0.1) is 0 Å². The number of nitrogens with two attached hydrogens (primary N) is 2. The second-order valence-corrected chi connectivity index (χ2v) is 5.75. The van der Waals surface area contributed by atoms with E-state index in [-0.39, 0.29) is 10.6 Å². The first-order valence-corrected chi connectivity index (χ1v) is 7.28. The van der Waals surface area contributed by atoms with Crippen LogP contribution < -0.4 is 15.8 Å². The summed E-state index contributed by atoms with van der Waals surface area (Å²) in [7, 11) is -3.76. The number of benzene rings is 1. The van der Waals surface area contributed by atoms with Crippen molar-refractivity contribution in [2.24, 2.45) is 5.14 Å². The molecule has 0 spiro atoms. The van der Waals surface area contributed by atoms with Crippen molar-refractivity contribution in [2.45, 2.75) is 11.3 Å². The lowest BCUT2D eigenvalue weighted by molar-refractivity contribution is 0.152. The molecule has 0 atom stereocenters. The summed E-state index contributed by atoms with van der Waals surface area (Å²) in [5.74, 6) is 0. The van der Waals surface area contributed by atoms with Gasteiger partial charge in [0, 0.05) is 25.4 Å². The maximum atomic E-state index is 11.3. The summed E-state index contributed by atoms with van der Waals surface area (Å²) in [5.41, 5.74) is 6.81. The van der Waals surface area contributed by atoms with Crippen LogP contribution in [0.15, 0.2) is 23.1 Å². The minimum Gasteiger partial charge on any atom is -0.398 e. The van der Waals surface area contributed by atoms with Crippen LogP contribution in [0.5, 0.6) is 0 Å². The highest BCUT2D eigenvalue weighted by Crippen LogP contribution is 2.24. The molecule has 4 N–H and O–H groups in total. The molecule has 1 saturated heterocycles. The molecule has 1 aliphatic rings. The van der Waals surface area contributed by atoms with Crippen LogP contribution >= 0.6 is 0 Å². The lowest BCUT2D eigenvalue weighted by Crippen LogP contribution is -2.26. The summed E-state index contributed by atoms with van der Waals surface area (Å²) in [6.07, 6.45) is 0.941. The van der Waals surface area contributed by atoms with E-state index in [1.807, 2.05) is 0 Å². The number of nitrogens with zero attached hydrogens (tertiary/aromatic N) is 1. The fraction of sp³-hybridized carbons (Fsp3) is 0.455. The van der Waals surface area contributed by atoms with Gasteiger partial charge in [-0.1, -0.05) is 0 Å². The van der Waals surface area contributed by atoms with Crippen LogP contribution in [0.25, 0.3) is 0 Å². The fourth-order valence-corrected chi connectivity index (χ4v) is 2.64. The van der Waals surface area contributed by atoms with Gasteiger partial charge in [-0.15, -0.1) is 0 Å². The maximum Gasteiger partial charge on any atom is 0.240 e. The van der Waals surface area contributed by atoms with Gasteiger partial charge in [-0.2, -0.15) is 0 Å². The van der Waals surface area contributed by atoms with Crippen LogP contribution in [0.3, 0.4) is 0 Å². The molecular weight excluding hydrogens is 254 g/mol. The van der Waals surface area contributed by atoms with Crippen molar-refractivity contribution in [1.29, 1.82) is 0 Å². The van der Waals surface area contributed by atoms with Crippen LogP contribution in [0.1, 0.15) is 6.42 Å². The van der Waals surface area contributed by atoms with Gasteiger partial charge < -0.3 is 15.4 Å². The van der Waals surface area contributed by atoms with Gasteiger partial charge >= 0.3 is 0 Å². The van der Waals surface area contributed by atoms with Gasteiger partial charge in [0.1, 0.15) is 4.90 Å². The van der Waals surface area contributed by atoms with E-state index in [4.69, 9.17) is 15.6 Å². The molecule has 1 aromatic rings. The zero-order chi connectivity index (χ0) is 13.2. The van der Waals surface area contributed by atoms with Crippen molar-refractivity contribution in [2.75, 3.05) is 36.9 Å². The van der Waals surface area contributed by atoms with E-state index in [1.165, 1.54) is 6.07 Å². The maximum absolute atomic E-state index is 11.3. The van der Waals surface area contributed by atoms with Crippen molar-refractivity contribution in [3.63, 3.8) is 0 Å². The first-order chi connectivity index (χ1) is 8.48. The molecular formula is C11H17N3O3S. The summed E-state index contributed by atoms with van der Waals surface area (Å²) >= 11 is 0. The molecule has 0 radical (unpaired) electrons.